The number of piperidine rings is 1. The van der Waals surface area contributed by atoms with Crippen LogP contribution in [0.3, 0.4) is 0 Å². The van der Waals surface area contributed by atoms with Crippen molar-refractivity contribution in [2.75, 3.05) is 42.9 Å². The number of aromatic nitrogens is 2. The monoisotopic (exact) mass is 464 g/mol. The minimum Gasteiger partial charge on any atom is -0.369 e. The second-order valence-corrected chi connectivity index (χ2v) is 9.31. The van der Waals surface area contributed by atoms with E-state index in [1.54, 1.807) is 0 Å². The van der Waals surface area contributed by atoms with Gasteiger partial charge in [-0.25, -0.2) is 9.97 Å². The van der Waals surface area contributed by atoms with Crippen molar-refractivity contribution in [1.82, 2.24) is 14.9 Å². The SMILES string of the molecule is C.CC.NC(=O)CN1CCC(CNc2ncnc(N(CC3CCCCC3)C3CC3)c2F)CC1. The van der Waals surface area contributed by atoms with Gasteiger partial charge in [-0.1, -0.05) is 40.5 Å². The van der Waals surface area contributed by atoms with Crippen LogP contribution in [0.4, 0.5) is 16.0 Å². The van der Waals surface area contributed by atoms with Crippen LogP contribution in [0.1, 0.15) is 79.1 Å². The molecule has 1 aromatic heterocycles. The average Bonchev–Trinajstić information content (AvgIpc) is 3.65. The van der Waals surface area contributed by atoms with Crippen LogP contribution in [0.25, 0.3) is 0 Å². The van der Waals surface area contributed by atoms with E-state index in [-0.39, 0.29) is 19.2 Å². The topological polar surface area (TPSA) is 87.4 Å². The van der Waals surface area contributed by atoms with Crippen molar-refractivity contribution < 1.29 is 9.18 Å². The summed E-state index contributed by atoms with van der Waals surface area (Å²) in [5.41, 5.74) is 5.28. The lowest BCUT2D eigenvalue weighted by atomic mass is 9.89. The van der Waals surface area contributed by atoms with Gasteiger partial charge in [0, 0.05) is 19.1 Å². The molecule has 0 radical (unpaired) electrons. The Morgan fingerprint density at radius 3 is 2.36 bits per heavy atom. The fourth-order valence-corrected chi connectivity index (χ4v) is 4.94. The van der Waals surface area contributed by atoms with Crippen molar-refractivity contribution >= 4 is 17.5 Å². The highest BCUT2D eigenvalue weighted by Crippen LogP contribution is 2.36. The van der Waals surface area contributed by atoms with E-state index in [0.717, 1.165) is 45.3 Å². The number of carbonyl (C=O) groups is 1. The molecule has 3 fully saturated rings. The Morgan fingerprint density at radius 2 is 1.76 bits per heavy atom. The van der Waals surface area contributed by atoms with Crippen LogP contribution >= 0.6 is 0 Å². The fourth-order valence-electron chi connectivity index (χ4n) is 4.94. The number of nitrogens with zero attached hydrogens (tertiary/aromatic N) is 4. The van der Waals surface area contributed by atoms with Crippen molar-refractivity contribution in [3.8, 4) is 0 Å². The number of nitrogens with one attached hydrogen (secondary N) is 1. The summed E-state index contributed by atoms with van der Waals surface area (Å²) in [5, 5.41) is 3.23. The Bertz CT molecular complexity index is 715. The van der Waals surface area contributed by atoms with E-state index in [1.807, 2.05) is 13.8 Å². The van der Waals surface area contributed by atoms with E-state index < -0.39 is 0 Å². The molecule has 0 spiro atoms. The molecule has 0 bridgehead atoms. The van der Waals surface area contributed by atoms with E-state index >= 15 is 4.39 Å². The third kappa shape index (κ3) is 8.09. The molecule has 7 nitrogen and oxygen atoms in total. The van der Waals surface area contributed by atoms with Crippen molar-refractivity contribution in [3.05, 3.63) is 12.1 Å². The minimum atomic E-state index is -0.314. The van der Waals surface area contributed by atoms with Crippen molar-refractivity contribution in [2.45, 2.75) is 85.1 Å². The van der Waals surface area contributed by atoms with E-state index in [9.17, 15) is 4.79 Å². The summed E-state index contributed by atoms with van der Waals surface area (Å²) in [6, 6.07) is 0.429. The Hall–Kier alpha value is -1.96. The summed E-state index contributed by atoms with van der Waals surface area (Å²) < 4.78 is 15.3. The zero-order chi connectivity index (χ0) is 22.9. The molecule has 8 heteroatoms. The fraction of sp³-hybridized carbons (Fsp3) is 0.800. The van der Waals surface area contributed by atoms with Crippen LogP contribution in [0.5, 0.6) is 0 Å². The molecular formula is C25H45FN6O. The third-order valence-corrected chi connectivity index (χ3v) is 6.86. The Kier molecular flexibility index (Phi) is 11.3. The Balaban J connectivity index is 0.00000125. The number of halogens is 1. The number of anilines is 2. The van der Waals surface area contributed by atoms with Crippen LogP contribution in [0, 0.1) is 17.7 Å². The van der Waals surface area contributed by atoms with E-state index in [4.69, 9.17) is 5.73 Å². The van der Waals surface area contributed by atoms with Gasteiger partial charge in [-0.15, -0.1) is 0 Å². The van der Waals surface area contributed by atoms with Crippen molar-refractivity contribution in [2.24, 2.45) is 17.6 Å². The molecule has 2 aliphatic carbocycles. The molecule has 188 valence electrons. The van der Waals surface area contributed by atoms with Gasteiger partial charge in [0.15, 0.2) is 11.6 Å². The van der Waals surface area contributed by atoms with Gasteiger partial charge in [-0.05, 0) is 63.5 Å². The highest BCUT2D eigenvalue weighted by Gasteiger charge is 2.34. The van der Waals surface area contributed by atoms with Gasteiger partial charge in [-0.3, -0.25) is 9.69 Å². The second-order valence-electron chi connectivity index (χ2n) is 9.31. The standard InChI is InChI=1S/C22H35FN6O.C2H6.CH4/c23-20-21(25-12-16-8-10-28(11-9-16)14-19(24)30)26-15-27-22(20)29(18-6-7-18)13-17-4-2-1-3-5-17;1-2;/h15-18H,1-14H2,(H2,24,30)(H,25,26,27);1-2H3;1H4. The van der Waals surface area contributed by atoms with E-state index in [2.05, 4.69) is 25.1 Å². The van der Waals surface area contributed by atoms with E-state index in [1.165, 1.54) is 38.4 Å². The van der Waals surface area contributed by atoms with Gasteiger partial charge in [0.05, 0.1) is 6.54 Å². The first-order valence-corrected chi connectivity index (χ1v) is 12.6. The molecule has 2 saturated carbocycles. The van der Waals surface area contributed by atoms with Crippen LogP contribution < -0.4 is 16.0 Å². The molecule has 1 amide bonds. The summed E-state index contributed by atoms with van der Waals surface area (Å²) in [5.74, 6) is 1.28. The van der Waals surface area contributed by atoms with Gasteiger partial charge in [0.2, 0.25) is 11.7 Å². The number of likely N-dealkylation sites (tertiary alicyclic amines) is 1. The molecule has 1 saturated heterocycles. The zero-order valence-electron chi connectivity index (χ0n) is 19.9. The minimum absolute atomic E-state index is 0. The lowest BCUT2D eigenvalue weighted by molar-refractivity contribution is -0.119. The predicted molar refractivity (Wildman–Crippen MR) is 134 cm³/mol. The molecule has 0 aromatic carbocycles. The van der Waals surface area contributed by atoms with Crippen LogP contribution in [-0.4, -0.2) is 59.5 Å². The summed E-state index contributed by atoms with van der Waals surface area (Å²) >= 11 is 0. The molecule has 1 aliphatic heterocycles. The number of amides is 1. The molecule has 1 aromatic rings. The molecule has 33 heavy (non-hydrogen) atoms. The van der Waals surface area contributed by atoms with Crippen molar-refractivity contribution in [1.29, 1.82) is 0 Å². The third-order valence-electron chi connectivity index (χ3n) is 6.86. The first-order valence-electron chi connectivity index (χ1n) is 12.6. The van der Waals surface area contributed by atoms with Crippen LogP contribution in [-0.2, 0) is 4.79 Å². The van der Waals surface area contributed by atoms with Crippen LogP contribution in [0.2, 0.25) is 0 Å². The molecule has 3 aliphatic rings. The number of carbonyl (C=O) groups excluding carboxylic acids is 1. The molecule has 4 rings (SSSR count). The molecule has 3 N–H and O–H groups in total. The summed E-state index contributed by atoms with van der Waals surface area (Å²) in [6.45, 7) is 7.62. The number of hydrogen-bond acceptors (Lipinski definition) is 6. The highest BCUT2D eigenvalue weighted by atomic mass is 19.1. The normalized spacial score (nSPS) is 19.7. The zero-order valence-corrected chi connectivity index (χ0v) is 19.9. The average molecular weight is 465 g/mol. The molecule has 2 heterocycles. The van der Waals surface area contributed by atoms with Gasteiger partial charge >= 0.3 is 0 Å². The maximum absolute atomic E-state index is 15.3. The second kappa shape index (κ2) is 13.7. The first-order chi connectivity index (χ1) is 15.6. The predicted octanol–water partition coefficient (Wildman–Crippen LogP) is 4.44. The maximum Gasteiger partial charge on any atom is 0.231 e. The van der Waals surface area contributed by atoms with Crippen LogP contribution in [0.15, 0.2) is 6.33 Å². The van der Waals surface area contributed by atoms with Gasteiger partial charge < -0.3 is 16.0 Å². The first kappa shape index (κ1) is 27.3. The van der Waals surface area contributed by atoms with Crippen molar-refractivity contribution in [3.63, 3.8) is 0 Å². The maximum atomic E-state index is 15.3. The van der Waals surface area contributed by atoms with Gasteiger partial charge in [0.1, 0.15) is 6.33 Å². The number of nitrogens with two attached hydrogens (primary N) is 1. The van der Waals surface area contributed by atoms with Gasteiger partial charge in [0.25, 0.3) is 0 Å². The largest absolute Gasteiger partial charge is 0.369 e. The number of hydrogen-bond donors (Lipinski definition) is 2. The molecule has 0 unspecified atom stereocenters. The Labute approximate surface area is 199 Å². The number of rotatable bonds is 9. The quantitative estimate of drug-likeness (QED) is 0.562. The molecule has 0 atom stereocenters. The molecular weight excluding hydrogens is 419 g/mol. The lowest BCUT2D eigenvalue weighted by Crippen LogP contribution is -2.40. The number of primary amides is 1. The van der Waals surface area contributed by atoms with E-state index in [0.29, 0.717) is 42.6 Å². The summed E-state index contributed by atoms with van der Waals surface area (Å²) in [4.78, 5) is 23.9. The summed E-state index contributed by atoms with van der Waals surface area (Å²) in [7, 11) is 0. The summed E-state index contributed by atoms with van der Waals surface area (Å²) in [6.07, 6.45) is 12.1. The smallest absolute Gasteiger partial charge is 0.231 e. The Morgan fingerprint density at radius 1 is 1.09 bits per heavy atom. The lowest BCUT2D eigenvalue weighted by Gasteiger charge is -2.32. The van der Waals surface area contributed by atoms with Gasteiger partial charge in [-0.2, -0.15) is 4.39 Å². The highest BCUT2D eigenvalue weighted by molar-refractivity contribution is 5.75.